The van der Waals surface area contributed by atoms with Crippen LogP contribution in [-0.2, 0) is 0 Å². The van der Waals surface area contributed by atoms with Gasteiger partial charge >= 0.3 is 5.69 Å². The standard InChI is InChI=1S/C17H18N6O2/c18-16(24)14-8-20-15(9-19-14)21-6-3-5-12(10-21)23-11-13-4-1-2-7-22(13)17(23)25/h1-2,4,7-9,11-12H,3,5-6,10H2,(H2,18,24). The third-order valence-corrected chi connectivity index (χ3v) is 4.59. The van der Waals surface area contributed by atoms with Crippen LogP contribution in [0.4, 0.5) is 5.82 Å². The molecule has 8 heteroatoms. The smallest absolute Gasteiger partial charge is 0.333 e. The Morgan fingerprint density at radius 2 is 2.12 bits per heavy atom. The summed E-state index contributed by atoms with van der Waals surface area (Å²) in [6.07, 6.45) is 8.51. The molecule has 1 aliphatic rings. The normalized spacial score (nSPS) is 17.8. The average molecular weight is 338 g/mol. The van der Waals surface area contributed by atoms with Gasteiger partial charge in [0.25, 0.3) is 5.91 Å². The molecule has 4 rings (SSSR count). The molecule has 1 unspecified atom stereocenters. The van der Waals surface area contributed by atoms with E-state index in [1.54, 1.807) is 21.4 Å². The Kier molecular flexibility index (Phi) is 3.72. The molecule has 1 amide bonds. The summed E-state index contributed by atoms with van der Waals surface area (Å²) in [7, 11) is 0. The second kappa shape index (κ2) is 6.04. The average Bonchev–Trinajstić information content (AvgIpc) is 2.99. The predicted molar refractivity (Wildman–Crippen MR) is 92.7 cm³/mol. The molecule has 0 radical (unpaired) electrons. The van der Waals surface area contributed by atoms with Crippen LogP contribution in [0.1, 0.15) is 29.4 Å². The van der Waals surface area contributed by atoms with Crippen LogP contribution in [0.25, 0.3) is 5.52 Å². The summed E-state index contributed by atoms with van der Waals surface area (Å²) in [5.41, 5.74) is 6.20. The number of fused-ring (bicyclic) bond motifs is 1. The summed E-state index contributed by atoms with van der Waals surface area (Å²) >= 11 is 0. The van der Waals surface area contributed by atoms with Gasteiger partial charge < -0.3 is 10.6 Å². The van der Waals surface area contributed by atoms with Crippen molar-refractivity contribution in [3.05, 3.63) is 59.2 Å². The molecule has 3 aromatic rings. The van der Waals surface area contributed by atoms with Crippen LogP contribution in [0.2, 0.25) is 0 Å². The van der Waals surface area contributed by atoms with Crippen molar-refractivity contribution in [2.24, 2.45) is 5.73 Å². The lowest BCUT2D eigenvalue weighted by molar-refractivity contribution is 0.0995. The number of pyridine rings is 1. The van der Waals surface area contributed by atoms with Gasteiger partial charge in [0, 0.05) is 25.5 Å². The van der Waals surface area contributed by atoms with E-state index < -0.39 is 5.91 Å². The maximum Gasteiger partial charge on any atom is 0.333 e. The zero-order chi connectivity index (χ0) is 17.4. The van der Waals surface area contributed by atoms with Gasteiger partial charge in [0.1, 0.15) is 11.5 Å². The van der Waals surface area contributed by atoms with Crippen molar-refractivity contribution in [2.75, 3.05) is 18.0 Å². The number of nitrogens with zero attached hydrogens (tertiary/aromatic N) is 5. The number of carbonyl (C=O) groups excluding carboxylic acids is 1. The lowest BCUT2D eigenvalue weighted by Gasteiger charge is -2.33. The van der Waals surface area contributed by atoms with Gasteiger partial charge in [0.15, 0.2) is 0 Å². The maximum atomic E-state index is 12.6. The van der Waals surface area contributed by atoms with Crippen molar-refractivity contribution < 1.29 is 4.79 Å². The molecule has 3 aromatic heterocycles. The van der Waals surface area contributed by atoms with Gasteiger partial charge in [0.05, 0.1) is 24.0 Å². The van der Waals surface area contributed by atoms with Gasteiger partial charge in [-0.1, -0.05) is 6.07 Å². The van der Waals surface area contributed by atoms with Crippen LogP contribution in [0.5, 0.6) is 0 Å². The van der Waals surface area contributed by atoms with Crippen LogP contribution in [0, 0.1) is 0 Å². The van der Waals surface area contributed by atoms with E-state index in [0.717, 1.165) is 24.9 Å². The van der Waals surface area contributed by atoms with Crippen molar-refractivity contribution in [1.82, 2.24) is 18.9 Å². The van der Waals surface area contributed by atoms with E-state index in [1.165, 1.54) is 6.20 Å². The highest BCUT2D eigenvalue weighted by atomic mass is 16.2. The Bertz CT molecular complexity index is 975. The van der Waals surface area contributed by atoms with Gasteiger partial charge in [0.2, 0.25) is 0 Å². The first-order valence-corrected chi connectivity index (χ1v) is 8.18. The highest BCUT2D eigenvalue weighted by Gasteiger charge is 2.24. The molecule has 0 bridgehead atoms. The van der Waals surface area contributed by atoms with E-state index in [4.69, 9.17) is 5.73 Å². The van der Waals surface area contributed by atoms with Gasteiger partial charge in [-0.3, -0.25) is 13.8 Å². The molecular weight excluding hydrogens is 320 g/mol. The summed E-state index contributed by atoms with van der Waals surface area (Å²) in [6.45, 7) is 1.50. The third-order valence-electron chi connectivity index (χ3n) is 4.59. The Morgan fingerprint density at radius 1 is 1.24 bits per heavy atom. The number of amides is 1. The SMILES string of the molecule is NC(=O)c1cnc(N2CCCC(n3cc4ccccn4c3=O)C2)cn1. The molecule has 0 spiro atoms. The molecule has 0 aliphatic carbocycles. The minimum atomic E-state index is -0.595. The van der Waals surface area contributed by atoms with Crippen LogP contribution in [0.3, 0.4) is 0 Å². The molecule has 8 nitrogen and oxygen atoms in total. The highest BCUT2D eigenvalue weighted by molar-refractivity contribution is 5.90. The number of piperidine rings is 1. The number of primary amides is 1. The van der Waals surface area contributed by atoms with Crippen molar-refractivity contribution in [3.8, 4) is 0 Å². The summed E-state index contributed by atoms with van der Waals surface area (Å²) in [5.74, 6) is 0.0918. The lowest BCUT2D eigenvalue weighted by Crippen LogP contribution is -2.40. The number of rotatable bonds is 3. The van der Waals surface area contributed by atoms with E-state index >= 15 is 0 Å². The number of anilines is 1. The quantitative estimate of drug-likeness (QED) is 0.763. The summed E-state index contributed by atoms with van der Waals surface area (Å²) in [5, 5.41) is 0. The molecule has 4 heterocycles. The maximum absolute atomic E-state index is 12.6. The van der Waals surface area contributed by atoms with E-state index in [-0.39, 0.29) is 17.4 Å². The van der Waals surface area contributed by atoms with E-state index in [9.17, 15) is 9.59 Å². The molecular formula is C17H18N6O2. The second-order valence-electron chi connectivity index (χ2n) is 6.18. The highest BCUT2D eigenvalue weighted by Crippen LogP contribution is 2.24. The summed E-state index contributed by atoms with van der Waals surface area (Å²) < 4.78 is 3.45. The number of hydrogen-bond donors (Lipinski definition) is 1. The summed E-state index contributed by atoms with van der Waals surface area (Å²) in [4.78, 5) is 34.2. The lowest BCUT2D eigenvalue weighted by atomic mass is 10.1. The van der Waals surface area contributed by atoms with Crippen LogP contribution in [0.15, 0.2) is 47.8 Å². The Hall–Kier alpha value is -3.16. The van der Waals surface area contributed by atoms with Crippen LogP contribution in [-0.4, -0.2) is 37.9 Å². The van der Waals surface area contributed by atoms with Crippen molar-refractivity contribution in [1.29, 1.82) is 0 Å². The Labute approximate surface area is 143 Å². The van der Waals surface area contributed by atoms with Crippen molar-refractivity contribution in [3.63, 3.8) is 0 Å². The van der Waals surface area contributed by atoms with E-state index in [0.29, 0.717) is 12.4 Å². The van der Waals surface area contributed by atoms with Gasteiger partial charge in [-0.25, -0.2) is 14.8 Å². The number of carbonyl (C=O) groups is 1. The molecule has 128 valence electrons. The molecule has 1 fully saturated rings. The number of aromatic nitrogens is 4. The molecule has 25 heavy (non-hydrogen) atoms. The number of imidazole rings is 1. The van der Waals surface area contributed by atoms with Crippen LogP contribution >= 0.6 is 0 Å². The van der Waals surface area contributed by atoms with Gasteiger partial charge in [-0.15, -0.1) is 0 Å². The topological polar surface area (TPSA) is 98.5 Å². The first-order valence-electron chi connectivity index (χ1n) is 8.18. The first kappa shape index (κ1) is 15.4. The second-order valence-corrected chi connectivity index (χ2v) is 6.18. The minimum Gasteiger partial charge on any atom is -0.364 e. The molecule has 1 aliphatic heterocycles. The van der Waals surface area contributed by atoms with Crippen molar-refractivity contribution >= 4 is 17.2 Å². The fourth-order valence-corrected chi connectivity index (χ4v) is 3.32. The molecule has 2 N–H and O–H groups in total. The molecule has 0 saturated carbocycles. The van der Waals surface area contributed by atoms with E-state index in [1.807, 2.05) is 24.4 Å². The number of hydrogen-bond acceptors (Lipinski definition) is 5. The number of nitrogens with two attached hydrogens (primary N) is 1. The largest absolute Gasteiger partial charge is 0.364 e. The molecule has 1 atom stereocenters. The third kappa shape index (κ3) is 2.75. The molecule has 1 saturated heterocycles. The fourth-order valence-electron chi connectivity index (χ4n) is 3.32. The van der Waals surface area contributed by atoms with Gasteiger partial charge in [-0.2, -0.15) is 0 Å². The summed E-state index contributed by atoms with van der Waals surface area (Å²) in [6, 6.07) is 5.76. The Morgan fingerprint density at radius 3 is 2.84 bits per heavy atom. The zero-order valence-electron chi connectivity index (χ0n) is 13.6. The first-order chi connectivity index (χ1) is 12.1. The van der Waals surface area contributed by atoms with Gasteiger partial charge in [-0.05, 0) is 25.0 Å². The van der Waals surface area contributed by atoms with E-state index in [2.05, 4.69) is 14.9 Å². The predicted octanol–water partition coefficient (Wildman–Crippen LogP) is 0.831. The molecule has 0 aromatic carbocycles. The Balaban J connectivity index is 1.61. The van der Waals surface area contributed by atoms with Crippen molar-refractivity contribution in [2.45, 2.75) is 18.9 Å². The minimum absolute atomic E-state index is 0.0300. The zero-order valence-corrected chi connectivity index (χ0v) is 13.6. The fraction of sp³-hybridized carbons (Fsp3) is 0.294. The van der Waals surface area contributed by atoms with Crippen LogP contribution < -0.4 is 16.3 Å². The monoisotopic (exact) mass is 338 g/mol.